The van der Waals surface area contributed by atoms with Gasteiger partial charge in [-0.05, 0) is 24.5 Å². The monoisotopic (exact) mass is 259 g/mol. The molecule has 1 saturated heterocycles. The Morgan fingerprint density at radius 3 is 2.75 bits per heavy atom. The summed E-state index contributed by atoms with van der Waals surface area (Å²) in [6.45, 7) is 0.670. The van der Waals surface area contributed by atoms with Crippen LogP contribution >= 0.6 is 11.6 Å². The van der Waals surface area contributed by atoms with Gasteiger partial charge in [-0.25, -0.2) is 8.42 Å². The number of para-hydroxylation sites is 1. The lowest BCUT2D eigenvalue weighted by molar-refractivity contribution is 0.596. The Bertz CT molecular complexity index is 473. The molecule has 1 heterocycles. The molecule has 1 aliphatic rings. The van der Waals surface area contributed by atoms with E-state index in [0.717, 1.165) is 12.1 Å². The van der Waals surface area contributed by atoms with Gasteiger partial charge in [-0.2, -0.15) is 0 Å². The number of benzene rings is 1. The maximum absolute atomic E-state index is 11.3. The largest absolute Gasteiger partial charge is 0.384 e. The van der Waals surface area contributed by atoms with Crippen LogP contribution < -0.4 is 5.32 Å². The summed E-state index contributed by atoms with van der Waals surface area (Å²) < 4.78 is 22.5. The van der Waals surface area contributed by atoms with Gasteiger partial charge in [0.2, 0.25) is 0 Å². The van der Waals surface area contributed by atoms with Gasteiger partial charge in [0.1, 0.15) is 0 Å². The highest BCUT2D eigenvalue weighted by Crippen LogP contribution is 2.23. The zero-order chi connectivity index (χ0) is 11.6. The topological polar surface area (TPSA) is 46.2 Å². The van der Waals surface area contributed by atoms with Crippen molar-refractivity contribution in [2.75, 3.05) is 23.4 Å². The second-order valence-corrected chi connectivity index (χ2v) is 6.77. The summed E-state index contributed by atoms with van der Waals surface area (Å²) in [6, 6.07) is 7.48. The molecule has 0 saturated carbocycles. The predicted octanol–water partition coefficient (Wildman–Crippen LogP) is 2.19. The fourth-order valence-corrected chi connectivity index (χ4v) is 3.96. The molecule has 0 aliphatic carbocycles. The maximum Gasteiger partial charge on any atom is 0.150 e. The lowest BCUT2D eigenvalue weighted by Gasteiger charge is -2.11. The lowest BCUT2D eigenvalue weighted by Crippen LogP contribution is -2.15. The molecule has 1 aromatic rings. The second-order valence-electron chi connectivity index (χ2n) is 4.13. The van der Waals surface area contributed by atoms with E-state index in [1.807, 2.05) is 24.3 Å². The van der Waals surface area contributed by atoms with Crippen molar-refractivity contribution in [3.63, 3.8) is 0 Å². The van der Waals surface area contributed by atoms with Gasteiger partial charge in [0.05, 0.1) is 22.2 Å². The van der Waals surface area contributed by atoms with Crippen LogP contribution in [0.3, 0.4) is 0 Å². The van der Waals surface area contributed by atoms with E-state index >= 15 is 0 Å². The quantitative estimate of drug-likeness (QED) is 0.905. The predicted molar refractivity (Wildman–Crippen MR) is 66.7 cm³/mol. The Kier molecular flexibility index (Phi) is 3.40. The van der Waals surface area contributed by atoms with Crippen molar-refractivity contribution in [1.82, 2.24) is 0 Å². The van der Waals surface area contributed by atoms with Crippen LogP contribution in [0.25, 0.3) is 0 Å². The van der Waals surface area contributed by atoms with Crippen molar-refractivity contribution >= 4 is 27.1 Å². The molecule has 1 N–H and O–H groups in total. The molecular formula is C11H14ClNO2S. The van der Waals surface area contributed by atoms with Crippen LogP contribution in [0.1, 0.15) is 6.42 Å². The fourth-order valence-electron chi connectivity index (χ4n) is 1.89. The minimum atomic E-state index is -2.78. The van der Waals surface area contributed by atoms with Gasteiger partial charge in [-0.3, -0.25) is 0 Å². The highest BCUT2D eigenvalue weighted by Gasteiger charge is 2.27. The smallest absolute Gasteiger partial charge is 0.150 e. The first-order valence-electron chi connectivity index (χ1n) is 5.26. The Hall–Kier alpha value is -0.740. The number of nitrogens with one attached hydrogen (secondary N) is 1. The highest BCUT2D eigenvalue weighted by molar-refractivity contribution is 7.91. The second kappa shape index (κ2) is 4.63. The van der Waals surface area contributed by atoms with E-state index in [0.29, 0.717) is 23.1 Å². The molecule has 0 bridgehead atoms. The zero-order valence-electron chi connectivity index (χ0n) is 8.82. The fraction of sp³-hybridized carbons (Fsp3) is 0.455. The average Bonchev–Trinajstić information content (AvgIpc) is 2.57. The molecule has 88 valence electrons. The molecule has 1 aromatic carbocycles. The molecule has 3 nitrogen and oxygen atoms in total. The Morgan fingerprint density at radius 1 is 1.38 bits per heavy atom. The maximum atomic E-state index is 11.3. The van der Waals surface area contributed by atoms with Crippen molar-refractivity contribution in [2.24, 2.45) is 5.92 Å². The molecule has 1 atom stereocenters. The summed E-state index contributed by atoms with van der Waals surface area (Å²) in [7, 11) is -2.78. The molecule has 0 spiro atoms. The number of rotatable bonds is 3. The van der Waals surface area contributed by atoms with E-state index < -0.39 is 9.84 Å². The summed E-state index contributed by atoms with van der Waals surface area (Å²) in [4.78, 5) is 0. The van der Waals surface area contributed by atoms with E-state index in [2.05, 4.69) is 5.32 Å². The number of hydrogen-bond acceptors (Lipinski definition) is 3. The van der Waals surface area contributed by atoms with Crippen molar-refractivity contribution in [3.05, 3.63) is 29.3 Å². The molecule has 0 unspecified atom stereocenters. The third kappa shape index (κ3) is 2.89. The van der Waals surface area contributed by atoms with Crippen LogP contribution in [0.2, 0.25) is 5.02 Å². The lowest BCUT2D eigenvalue weighted by atomic mass is 10.1. The normalized spacial score (nSPS) is 23.2. The first-order chi connectivity index (χ1) is 7.57. The first-order valence-corrected chi connectivity index (χ1v) is 7.45. The van der Waals surface area contributed by atoms with E-state index in [1.54, 1.807) is 0 Å². The van der Waals surface area contributed by atoms with Crippen molar-refractivity contribution in [3.8, 4) is 0 Å². The van der Waals surface area contributed by atoms with Crippen LogP contribution in [0.15, 0.2) is 24.3 Å². The van der Waals surface area contributed by atoms with Gasteiger partial charge < -0.3 is 5.32 Å². The van der Waals surface area contributed by atoms with Crippen LogP contribution in [0.5, 0.6) is 0 Å². The molecule has 0 radical (unpaired) electrons. The Labute approximate surface area is 101 Å². The van der Waals surface area contributed by atoms with Crippen LogP contribution in [-0.4, -0.2) is 26.5 Å². The number of hydrogen-bond donors (Lipinski definition) is 1. The number of sulfone groups is 1. The Balaban J connectivity index is 1.92. The molecule has 1 aliphatic heterocycles. The SMILES string of the molecule is O=S1(=O)CC[C@H](CNc2ccccc2Cl)C1. The van der Waals surface area contributed by atoms with Crippen molar-refractivity contribution in [1.29, 1.82) is 0 Å². The van der Waals surface area contributed by atoms with Crippen LogP contribution in [0, 0.1) is 5.92 Å². The summed E-state index contributed by atoms with van der Waals surface area (Å²) in [5.41, 5.74) is 0.869. The van der Waals surface area contributed by atoms with Crippen LogP contribution in [0.4, 0.5) is 5.69 Å². The van der Waals surface area contributed by atoms with Crippen molar-refractivity contribution in [2.45, 2.75) is 6.42 Å². The first kappa shape index (κ1) is 11.7. The summed E-state index contributed by atoms with van der Waals surface area (Å²) in [5, 5.41) is 3.87. The Morgan fingerprint density at radius 2 is 2.12 bits per heavy atom. The third-order valence-corrected chi connectivity index (χ3v) is 4.95. The minimum Gasteiger partial charge on any atom is -0.384 e. The van der Waals surface area contributed by atoms with Crippen LogP contribution in [-0.2, 0) is 9.84 Å². The number of anilines is 1. The van der Waals surface area contributed by atoms with Gasteiger partial charge >= 0.3 is 0 Å². The van der Waals surface area contributed by atoms with E-state index in [-0.39, 0.29) is 5.92 Å². The summed E-state index contributed by atoms with van der Waals surface area (Å²) >= 11 is 5.98. The highest BCUT2D eigenvalue weighted by atomic mass is 35.5. The zero-order valence-corrected chi connectivity index (χ0v) is 10.4. The molecule has 0 amide bonds. The summed E-state index contributed by atoms with van der Waals surface area (Å²) in [6.07, 6.45) is 0.750. The van der Waals surface area contributed by atoms with Gasteiger partial charge in [0, 0.05) is 6.54 Å². The molecular weight excluding hydrogens is 246 g/mol. The minimum absolute atomic E-state index is 0.210. The van der Waals surface area contributed by atoms with Gasteiger partial charge in [-0.15, -0.1) is 0 Å². The molecule has 16 heavy (non-hydrogen) atoms. The van der Waals surface area contributed by atoms with E-state index in [9.17, 15) is 8.42 Å². The standard InChI is InChI=1S/C11H14ClNO2S/c12-10-3-1-2-4-11(10)13-7-9-5-6-16(14,15)8-9/h1-4,9,13H,5-8H2/t9-/m1/s1. The van der Waals surface area contributed by atoms with Gasteiger partial charge in [0.15, 0.2) is 9.84 Å². The van der Waals surface area contributed by atoms with Gasteiger partial charge in [0.25, 0.3) is 0 Å². The van der Waals surface area contributed by atoms with E-state index in [4.69, 9.17) is 11.6 Å². The third-order valence-electron chi connectivity index (χ3n) is 2.78. The molecule has 2 rings (SSSR count). The molecule has 0 aromatic heterocycles. The van der Waals surface area contributed by atoms with E-state index in [1.165, 1.54) is 0 Å². The van der Waals surface area contributed by atoms with Gasteiger partial charge in [-0.1, -0.05) is 23.7 Å². The van der Waals surface area contributed by atoms with Crippen molar-refractivity contribution < 1.29 is 8.42 Å². The average molecular weight is 260 g/mol. The summed E-state index contributed by atoms with van der Waals surface area (Å²) in [5.74, 6) is 0.827. The molecule has 1 fully saturated rings. The molecule has 5 heteroatoms. The number of halogens is 1.